The number of pyridine rings is 1. The Bertz CT molecular complexity index is 623. The summed E-state index contributed by atoms with van der Waals surface area (Å²) in [5.74, 6) is 0.939. The van der Waals surface area contributed by atoms with Crippen molar-refractivity contribution in [1.82, 2.24) is 10.3 Å². The molecule has 0 amide bonds. The molecule has 0 saturated heterocycles. The van der Waals surface area contributed by atoms with Gasteiger partial charge in [0.25, 0.3) is 0 Å². The summed E-state index contributed by atoms with van der Waals surface area (Å²) < 4.78 is 5.41. The van der Waals surface area contributed by atoms with Crippen molar-refractivity contribution in [3.8, 4) is 5.75 Å². The van der Waals surface area contributed by atoms with Crippen LogP contribution in [0.5, 0.6) is 5.75 Å². The molecule has 1 aromatic heterocycles. The maximum absolute atomic E-state index is 5.41. The Morgan fingerprint density at radius 1 is 1.10 bits per heavy atom. The van der Waals surface area contributed by atoms with Crippen molar-refractivity contribution in [2.45, 2.75) is 33.7 Å². The predicted octanol–water partition coefficient (Wildman–Crippen LogP) is 3.71. The van der Waals surface area contributed by atoms with Crippen LogP contribution in [-0.2, 0) is 0 Å². The summed E-state index contributed by atoms with van der Waals surface area (Å²) in [6.45, 7) is 9.32. The molecular weight excluding hydrogens is 260 g/mol. The number of aryl methyl sites for hydroxylation is 3. The van der Waals surface area contributed by atoms with E-state index >= 15 is 0 Å². The monoisotopic (exact) mass is 284 g/mol. The van der Waals surface area contributed by atoms with Gasteiger partial charge in [0.2, 0.25) is 0 Å². The van der Waals surface area contributed by atoms with Gasteiger partial charge in [0.15, 0.2) is 0 Å². The van der Waals surface area contributed by atoms with Crippen molar-refractivity contribution in [1.29, 1.82) is 0 Å². The highest BCUT2D eigenvalue weighted by atomic mass is 16.5. The number of nitrogens with one attached hydrogen (secondary N) is 1. The molecular formula is C18H24N2O. The number of ether oxygens (including phenoxy) is 1. The SMILES string of the molecule is CCNC(c1cncc(C)c1)c1cc(C)c(OC)cc1C. The summed E-state index contributed by atoms with van der Waals surface area (Å²) >= 11 is 0. The number of hydrogen-bond donors (Lipinski definition) is 1. The third-order valence-corrected chi connectivity index (χ3v) is 3.73. The maximum Gasteiger partial charge on any atom is 0.122 e. The lowest BCUT2D eigenvalue weighted by Crippen LogP contribution is -2.23. The third kappa shape index (κ3) is 3.42. The molecule has 0 aliphatic rings. The minimum atomic E-state index is 0.159. The van der Waals surface area contributed by atoms with E-state index in [1.54, 1.807) is 7.11 Å². The molecule has 0 bridgehead atoms. The van der Waals surface area contributed by atoms with Gasteiger partial charge in [-0.1, -0.05) is 19.1 Å². The fourth-order valence-electron chi connectivity index (χ4n) is 2.69. The fraction of sp³-hybridized carbons (Fsp3) is 0.389. The van der Waals surface area contributed by atoms with E-state index in [4.69, 9.17) is 4.74 Å². The molecule has 1 N–H and O–H groups in total. The van der Waals surface area contributed by atoms with Crippen LogP contribution in [0.2, 0.25) is 0 Å². The van der Waals surface area contributed by atoms with E-state index in [2.05, 4.69) is 56.2 Å². The van der Waals surface area contributed by atoms with Gasteiger partial charge in [-0.05, 0) is 61.2 Å². The summed E-state index contributed by atoms with van der Waals surface area (Å²) in [7, 11) is 1.72. The van der Waals surface area contributed by atoms with Crippen LogP contribution in [0.1, 0.15) is 40.8 Å². The zero-order valence-corrected chi connectivity index (χ0v) is 13.5. The van der Waals surface area contributed by atoms with E-state index in [1.165, 1.54) is 22.3 Å². The minimum absolute atomic E-state index is 0.159. The Labute approximate surface area is 127 Å². The van der Waals surface area contributed by atoms with Crippen molar-refractivity contribution in [2.24, 2.45) is 0 Å². The van der Waals surface area contributed by atoms with Crippen LogP contribution in [-0.4, -0.2) is 18.6 Å². The van der Waals surface area contributed by atoms with E-state index in [-0.39, 0.29) is 6.04 Å². The van der Waals surface area contributed by atoms with E-state index in [0.717, 1.165) is 17.9 Å². The number of rotatable bonds is 5. The minimum Gasteiger partial charge on any atom is -0.496 e. The molecule has 2 rings (SSSR count). The summed E-state index contributed by atoms with van der Waals surface area (Å²) in [6.07, 6.45) is 3.83. The lowest BCUT2D eigenvalue weighted by Gasteiger charge is -2.22. The van der Waals surface area contributed by atoms with Crippen LogP contribution in [0.25, 0.3) is 0 Å². The summed E-state index contributed by atoms with van der Waals surface area (Å²) in [5.41, 5.74) is 6.04. The Morgan fingerprint density at radius 3 is 2.48 bits per heavy atom. The van der Waals surface area contributed by atoms with Crippen LogP contribution in [0.4, 0.5) is 0 Å². The Balaban J connectivity index is 2.50. The van der Waals surface area contributed by atoms with Gasteiger partial charge in [-0.15, -0.1) is 0 Å². The first-order chi connectivity index (χ1) is 10.1. The van der Waals surface area contributed by atoms with Gasteiger partial charge in [0.05, 0.1) is 13.2 Å². The third-order valence-electron chi connectivity index (χ3n) is 3.73. The molecule has 0 radical (unpaired) electrons. The second kappa shape index (κ2) is 6.72. The zero-order chi connectivity index (χ0) is 15.4. The van der Waals surface area contributed by atoms with Gasteiger partial charge < -0.3 is 10.1 Å². The largest absolute Gasteiger partial charge is 0.496 e. The zero-order valence-electron chi connectivity index (χ0n) is 13.5. The molecule has 1 aromatic carbocycles. The summed E-state index contributed by atoms with van der Waals surface area (Å²) in [4.78, 5) is 4.33. The summed E-state index contributed by atoms with van der Waals surface area (Å²) in [5, 5.41) is 3.57. The smallest absolute Gasteiger partial charge is 0.122 e. The number of benzene rings is 1. The molecule has 0 aliphatic carbocycles. The maximum atomic E-state index is 5.41. The number of nitrogens with zero attached hydrogens (tertiary/aromatic N) is 1. The molecule has 1 unspecified atom stereocenters. The average molecular weight is 284 g/mol. The molecule has 0 spiro atoms. The fourth-order valence-corrected chi connectivity index (χ4v) is 2.69. The van der Waals surface area contributed by atoms with Crippen LogP contribution >= 0.6 is 0 Å². The molecule has 3 nitrogen and oxygen atoms in total. The molecule has 1 heterocycles. The first kappa shape index (κ1) is 15.5. The highest BCUT2D eigenvalue weighted by Gasteiger charge is 2.17. The molecule has 2 aromatic rings. The van der Waals surface area contributed by atoms with Crippen molar-refractivity contribution in [3.63, 3.8) is 0 Å². The number of aromatic nitrogens is 1. The van der Waals surface area contributed by atoms with Crippen LogP contribution < -0.4 is 10.1 Å². The van der Waals surface area contributed by atoms with Gasteiger partial charge in [-0.3, -0.25) is 4.98 Å². The van der Waals surface area contributed by atoms with Gasteiger partial charge in [0.1, 0.15) is 5.75 Å². The Hall–Kier alpha value is -1.87. The van der Waals surface area contributed by atoms with E-state index in [1.807, 2.05) is 12.4 Å². The van der Waals surface area contributed by atoms with Gasteiger partial charge in [-0.2, -0.15) is 0 Å². The van der Waals surface area contributed by atoms with Crippen molar-refractivity contribution >= 4 is 0 Å². The van der Waals surface area contributed by atoms with Crippen LogP contribution in [0.15, 0.2) is 30.6 Å². The quantitative estimate of drug-likeness (QED) is 0.908. The van der Waals surface area contributed by atoms with Crippen LogP contribution in [0.3, 0.4) is 0 Å². The van der Waals surface area contributed by atoms with Crippen LogP contribution in [0, 0.1) is 20.8 Å². The molecule has 112 valence electrons. The van der Waals surface area contributed by atoms with Gasteiger partial charge in [0, 0.05) is 12.4 Å². The average Bonchev–Trinajstić information content (AvgIpc) is 2.47. The van der Waals surface area contributed by atoms with Gasteiger partial charge in [-0.25, -0.2) is 0 Å². The molecule has 1 atom stereocenters. The summed E-state index contributed by atoms with van der Waals surface area (Å²) in [6, 6.07) is 6.67. The number of methoxy groups -OCH3 is 1. The Kier molecular flexibility index (Phi) is 4.97. The molecule has 3 heteroatoms. The van der Waals surface area contributed by atoms with Crippen molar-refractivity contribution in [2.75, 3.05) is 13.7 Å². The van der Waals surface area contributed by atoms with E-state index in [9.17, 15) is 0 Å². The molecule has 0 saturated carbocycles. The normalized spacial score (nSPS) is 12.2. The second-order valence-corrected chi connectivity index (χ2v) is 5.46. The standard InChI is InChI=1S/C18H24N2O/c1-6-20-18(15-7-12(2)10-19-11-15)16-8-14(4)17(21-5)9-13(16)3/h7-11,18,20H,6H2,1-5H3. The molecule has 0 fully saturated rings. The van der Waals surface area contributed by atoms with E-state index < -0.39 is 0 Å². The highest BCUT2D eigenvalue weighted by Crippen LogP contribution is 2.30. The van der Waals surface area contributed by atoms with E-state index in [0.29, 0.717) is 0 Å². The predicted molar refractivity (Wildman–Crippen MR) is 87.0 cm³/mol. The molecule has 0 aliphatic heterocycles. The van der Waals surface area contributed by atoms with Crippen molar-refractivity contribution < 1.29 is 4.74 Å². The first-order valence-electron chi connectivity index (χ1n) is 7.36. The molecule has 21 heavy (non-hydrogen) atoms. The van der Waals surface area contributed by atoms with Gasteiger partial charge >= 0.3 is 0 Å². The topological polar surface area (TPSA) is 34.2 Å². The first-order valence-corrected chi connectivity index (χ1v) is 7.36. The second-order valence-electron chi connectivity index (χ2n) is 5.46. The lowest BCUT2D eigenvalue weighted by atomic mass is 9.93. The highest BCUT2D eigenvalue weighted by molar-refractivity contribution is 5.45. The van der Waals surface area contributed by atoms with Crippen molar-refractivity contribution in [3.05, 3.63) is 58.4 Å². The Morgan fingerprint density at radius 2 is 1.86 bits per heavy atom. The lowest BCUT2D eigenvalue weighted by molar-refractivity contribution is 0.411. The number of hydrogen-bond acceptors (Lipinski definition) is 3.